The molecule has 0 radical (unpaired) electrons. The summed E-state index contributed by atoms with van der Waals surface area (Å²) in [6.45, 7) is 2.05. The predicted octanol–water partition coefficient (Wildman–Crippen LogP) is 3.97. The van der Waals surface area contributed by atoms with Gasteiger partial charge in [0.1, 0.15) is 5.82 Å². The third-order valence-corrected chi connectivity index (χ3v) is 4.85. The minimum absolute atomic E-state index is 0.199. The molecule has 0 aliphatic carbocycles. The maximum Gasteiger partial charge on any atom is 0.161 e. The van der Waals surface area contributed by atoms with E-state index in [1.54, 1.807) is 26.4 Å². The van der Waals surface area contributed by atoms with Crippen LogP contribution in [0, 0.1) is 11.7 Å². The van der Waals surface area contributed by atoms with Gasteiger partial charge in [0.2, 0.25) is 0 Å². The number of halogens is 1. The Balaban J connectivity index is 2.01. The number of hydrogen-bond donors (Lipinski definition) is 1. The van der Waals surface area contributed by atoms with E-state index in [-0.39, 0.29) is 11.7 Å². The Morgan fingerprint density at radius 3 is 2.17 bits per heavy atom. The predicted molar refractivity (Wildman–Crippen MR) is 93.4 cm³/mol. The summed E-state index contributed by atoms with van der Waals surface area (Å²) in [5.41, 5.74) is 2.33. The van der Waals surface area contributed by atoms with Crippen LogP contribution >= 0.6 is 0 Å². The molecule has 0 bridgehead atoms. The zero-order chi connectivity index (χ0) is 16.9. The summed E-state index contributed by atoms with van der Waals surface area (Å²) >= 11 is 0. The molecule has 4 heteroatoms. The van der Waals surface area contributed by atoms with Crippen molar-refractivity contribution < 1.29 is 13.9 Å². The van der Waals surface area contributed by atoms with Crippen molar-refractivity contribution in [3.8, 4) is 11.5 Å². The van der Waals surface area contributed by atoms with Gasteiger partial charge in [-0.15, -0.1) is 0 Å². The molecule has 1 atom stereocenters. The smallest absolute Gasteiger partial charge is 0.161 e. The summed E-state index contributed by atoms with van der Waals surface area (Å²) in [7, 11) is 3.29. The lowest BCUT2D eigenvalue weighted by atomic mass is 9.76. The topological polar surface area (TPSA) is 30.5 Å². The summed E-state index contributed by atoms with van der Waals surface area (Å²) in [5.74, 6) is 2.01. The number of nitrogens with one attached hydrogen (secondary N) is 1. The normalized spacial score (nSPS) is 16.6. The lowest BCUT2D eigenvalue weighted by molar-refractivity contribution is 0.337. The van der Waals surface area contributed by atoms with Crippen molar-refractivity contribution in [2.75, 3.05) is 27.3 Å². The molecule has 0 spiro atoms. The molecule has 0 amide bonds. The average Bonchev–Trinajstić information content (AvgIpc) is 2.64. The van der Waals surface area contributed by atoms with Gasteiger partial charge in [-0.1, -0.05) is 18.2 Å². The van der Waals surface area contributed by atoms with Crippen LogP contribution in [0.25, 0.3) is 0 Å². The lowest BCUT2D eigenvalue weighted by Crippen LogP contribution is -2.31. The van der Waals surface area contributed by atoms with Gasteiger partial charge >= 0.3 is 0 Å². The van der Waals surface area contributed by atoms with Gasteiger partial charge in [0, 0.05) is 5.92 Å². The van der Waals surface area contributed by atoms with Crippen molar-refractivity contribution in [2.45, 2.75) is 18.8 Å². The number of benzene rings is 2. The van der Waals surface area contributed by atoms with Crippen molar-refractivity contribution in [1.29, 1.82) is 0 Å². The lowest BCUT2D eigenvalue weighted by Gasteiger charge is -2.32. The number of ether oxygens (including phenoxy) is 2. The van der Waals surface area contributed by atoms with Crippen LogP contribution in [0.4, 0.5) is 4.39 Å². The first-order valence-electron chi connectivity index (χ1n) is 8.41. The minimum Gasteiger partial charge on any atom is -0.493 e. The fourth-order valence-corrected chi connectivity index (χ4v) is 3.63. The molecular formula is C20H24FNO2. The molecular weight excluding hydrogens is 305 g/mol. The monoisotopic (exact) mass is 329 g/mol. The van der Waals surface area contributed by atoms with Crippen LogP contribution in [-0.2, 0) is 0 Å². The third-order valence-electron chi connectivity index (χ3n) is 4.85. The van der Waals surface area contributed by atoms with Gasteiger partial charge in [0.05, 0.1) is 14.2 Å². The van der Waals surface area contributed by atoms with Gasteiger partial charge in [0.25, 0.3) is 0 Å². The molecule has 1 saturated heterocycles. The second kappa shape index (κ2) is 7.67. The molecule has 128 valence electrons. The van der Waals surface area contributed by atoms with E-state index in [4.69, 9.17) is 9.47 Å². The molecule has 0 aromatic heterocycles. The van der Waals surface area contributed by atoms with Gasteiger partial charge in [0.15, 0.2) is 11.5 Å². The number of piperidine rings is 1. The van der Waals surface area contributed by atoms with Crippen LogP contribution in [-0.4, -0.2) is 27.3 Å². The number of hydrogen-bond acceptors (Lipinski definition) is 3. The Labute approximate surface area is 142 Å². The van der Waals surface area contributed by atoms with Crippen LogP contribution in [0.3, 0.4) is 0 Å². The van der Waals surface area contributed by atoms with E-state index in [1.807, 2.05) is 18.2 Å². The van der Waals surface area contributed by atoms with E-state index in [9.17, 15) is 4.39 Å². The number of rotatable bonds is 5. The molecule has 1 aliphatic rings. The van der Waals surface area contributed by atoms with Crippen LogP contribution in [0.1, 0.15) is 29.9 Å². The zero-order valence-electron chi connectivity index (χ0n) is 14.2. The van der Waals surface area contributed by atoms with Gasteiger partial charge in [-0.2, -0.15) is 0 Å². The van der Waals surface area contributed by atoms with Gasteiger partial charge < -0.3 is 14.8 Å². The van der Waals surface area contributed by atoms with Crippen molar-refractivity contribution >= 4 is 0 Å². The Morgan fingerprint density at radius 2 is 1.54 bits per heavy atom. The van der Waals surface area contributed by atoms with E-state index >= 15 is 0 Å². The first-order chi connectivity index (χ1) is 11.7. The molecule has 1 fully saturated rings. The molecule has 2 aromatic carbocycles. The van der Waals surface area contributed by atoms with Crippen molar-refractivity contribution in [2.24, 2.45) is 5.92 Å². The van der Waals surface area contributed by atoms with Crippen molar-refractivity contribution in [3.63, 3.8) is 0 Å². The van der Waals surface area contributed by atoms with E-state index < -0.39 is 0 Å². The van der Waals surface area contributed by atoms with Gasteiger partial charge in [-0.25, -0.2) is 4.39 Å². The summed E-state index contributed by atoms with van der Waals surface area (Å²) in [6.07, 6.45) is 2.22. The quantitative estimate of drug-likeness (QED) is 0.900. The van der Waals surface area contributed by atoms with E-state index in [0.717, 1.165) is 43.0 Å². The Hall–Kier alpha value is -2.07. The minimum atomic E-state index is -0.199. The van der Waals surface area contributed by atoms with Gasteiger partial charge in [-0.05, 0) is 67.2 Å². The molecule has 1 heterocycles. The van der Waals surface area contributed by atoms with Gasteiger partial charge in [-0.3, -0.25) is 0 Å². The first kappa shape index (κ1) is 16.8. The van der Waals surface area contributed by atoms with E-state index in [1.165, 1.54) is 5.56 Å². The fraction of sp³-hybridized carbons (Fsp3) is 0.400. The second-order valence-corrected chi connectivity index (χ2v) is 6.23. The van der Waals surface area contributed by atoms with E-state index in [0.29, 0.717) is 5.92 Å². The highest BCUT2D eigenvalue weighted by Crippen LogP contribution is 2.40. The highest BCUT2D eigenvalue weighted by Gasteiger charge is 2.27. The van der Waals surface area contributed by atoms with Crippen LogP contribution in [0.5, 0.6) is 11.5 Å². The highest BCUT2D eigenvalue weighted by atomic mass is 19.1. The molecule has 3 nitrogen and oxygen atoms in total. The zero-order valence-corrected chi connectivity index (χ0v) is 14.2. The maximum atomic E-state index is 13.4. The third kappa shape index (κ3) is 3.54. The SMILES string of the molecule is COc1ccc([C@@H](c2ccc(F)cc2)C2CCNCC2)cc1OC. The second-order valence-electron chi connectivity index (χ2n) is 6.23. The van der Waals surface area contributed by atoms with Crippen LogP contribution in [0.15, 0.2) is 42.5 Å². The largest absolute Gasteiger partial charge is 0.493 e. The van der Waals surface area contributed by atoms with Crippen molar-refractivity contribution in [3.05, 3.63) is 59.4 Å². The Kier molecular flexibility index (Phi) is 5.36. The molecule has 0 saturated carbocycles. The molecule has 2 aromatic rings. The van der Waals surface area contributed by atoms with Crippen LogP contribution < -0.4 is 14.8 Å². The summed E-state index contributed by atoms with van der Waals surface area (Å²) in [4.78, 5) is 0. The first-order valence-corrected chi connectivity index (χ1v) is 8.41. The number of methoxy groups -OCH3 is 2. The molecule has 24 heavy (non-hydrogen) atoms. The molecule has 1 aliphatic heterocycles. The van der Waals surface area contributed by atoms with Crippen LogP contribution in [0.2, 0.25) is 0 Å². The average molecular weight is 329 g/mol. The van der Waals surface area contributed by atoms with Crippen molar-refractivity contribution in [1.82, 2.24) is 5.32 Å². The summed E-state index contributed by atoms with van der Waals surface area (Å²) in [5, 5.41) is 3.42. The fourth-order valence-electron chi connectivity index (χ4n) is 3.63. The summed E-state index contributed by atoms with van der Waals surface area (Å²) < 4.78 is 24.2. The molecule has 3 rings (SSSR count). The highest BCUT2D eigenvalue weighted by molar-refractivity contribution is 5.46. The summed E-state index contributed by atoms with van der Waals surface area (Å²) in [6, 6.07) is 13.0. The molecule has 1 N–H and O–H groups in total. The maximum absolute atomic E-state index is 13.4. The van der Waals surface area contributed by atoms with E-state index in [2.05, 4.69) is 17.4 Å². The molecule has 0 unspecified atom stereocenters. The Morgan fingerprint density at radius 1 is 0.917 bits per heavy atom. The standard InChI is InChI=1S/C20H24FNO2/c1-23-18-8-5-16(13-19(18)24-2)20(15-9-11-22-12-10-15)14-3-6-17(21)7-4-14/h3-8,13,15,20,22H,9-12H2,1-2H3/t20-/m0/s1. The Bertz CT molecular complexity index is 666.